The Morgan fingerprint density at radius 1 is 0.469 bits per heavy atom. The van der Waals surface area contributed by atoms with Gasteiger partial charge in [-0.3, -0.25) is 29.0 Å². The first kappa shape index (κ1) is 38.5. The highest BCUT2D eigenvalue weighted by Crippen LogP contribution is 2.33. The van der Waals surface area contributed by atoms with Gasteiger partial charge in [0.15, 0.2) is 0 Å². The molecule has 4 rings (SSSR count). The van der Waals surface area contributed by atoms with Gasteiger partial charge in [-0.2, -0.15) is 0 Å². The summed E-state index contributed by atoms with van der Waals surface area (Å²) in [6.45, 7) is 14.3. The van der Waals surface area contributed by atoms with E-state index in [0.29, 0.717) is 76.1 Å². The summed E-state index contributed by atoms with van der Waals surface area (Å²) in [6.07, 6.45) is 0.933. The van der Waals surface area contributed by atoms with Crippen molar-refractivity contribution in [3.8, 4) is 11.5 Å². The van der Waals surface area contributed by atoms with Gasteiger partial charge in [0.05, 0.1) is 22.3 Å². The first-order valence-electron chi connectivity index (χ1n) is 17.1. The standard InChI is InChI=1S/C34H48N2O11Si2/c1-7-41-48(42-8-2,43-9-3)21-13-19-35-31(37)27-17-15-25(23-29(27)33(35)39)47-26-16-18-28-30(24-26)34(40)36(32(28)38)20-14-22-49(44-10-4,45-11-5)46-12-6/h15-18,23-24H,7-14,19-22H2,1-6H3. The smallest absolute Gasteiger partial charge is 0.457 e. The van der Waals surface area contributed by atoms with E-state index in [4.69, 9.17) is 31.3 Å². The Hall–Kier alpha value is -3.29. The molecule has 2 aromatic rings. The second-order valence-electron chi connectivity index (χ2n) is 11.2. The van der Waals surface area contributed by atoms with Crippen LogP contribution in [-0.4, -0.2) is 104 Å². The molecule has 49 heavy (non-hydrogen) atoms. The van der Waals surface area contributed by atoms with Crippen molar-refractivity contribution in [1.29, 1.82) is 0 Å². The van der Waals surface area contributed by atoms with Crippen molar-refractivity contribution >= 4 is 41.2 Å². The van der Waals surface area contributed by atoms with Crippen LogP contribution >= 0.6 is 0 Å². The quantitative estimate of drug-likeness (QED) is 0.112. The zero-order chi connectivity index (χ0) is 35.6. The SMILES string of the molecule is CCO[Si](CCCN1C(=O)c2ccc(Oc3ccc4c(c3)C(=O)N(CCC[Si](OCC)(OCC)OCC)C4=O)cc2C1=O)(OCC)OCC. The molecule has 2 aliphatic rings. The third-order valence-corrected chi connectivity index (χ3v) is 14.3. The van der Waals surface area contributed by atoms with Crippen LogP contribution in [0.5, 0.6) is 11.5 Å². The van der Waals surface area contributed by atoms with E-state index >= 15 is 0 Å². The highest BCUT2D eigenvalue weighted by Gasteiger charge is 2.43. The van der Waals surface area contributed by atoms with E-state index in [1.807, 2.05) is 41.5 Å². The molecule has 268 valence electrons. The lowest BCUT2D eigenvalue weighted by molar-refractivity contribution is 0.0608. The van der Waals surface area contributed by atoms with Crippen molar-refractivity contribution in [2.45, 2.75) is 66.5 Å². The van der Waals surface area contributed by atoms with Gasteiger partial charge in [-0.1, -0.05) is 0 Å². The average molecular weight is 717 g/mol. The van der Waals surface area contributed by atoms with E-state index in [-0.39, 0.29) is 47.2 Å². The minimum atomic E-state index is -2.92. The van der Waals surface area contributed by atoms with Crippen LogP contribution in [-0.2, 0) is 26.6 Å². The van der Waals surface area contributed by atoms with Crippen LogP contribution in [0, 0.1) is 0 Å². The van der Waals surface area contributed by atoms with Crippen LogP contribution in [0.25, 0.3) is 0 Å². The predicted molar refractivity (Wildman–Crippen MR) is 184 cm³/mol. The lowest BCUT2D eigenvalue weighted by Gasteiger charge is -2.29. The minimum Gasteiger partial charge on any atom is -0.457 e. The van der Waals surface area contributed by atoms with E-state index < -0.39 is 29.4 Å². The maximum atomic E-state index is 13.3. The Morgan fingerprint density at radius 2 is 0.776 bits per heavy atom. The fourth-order valence-electron chi connectivity index (χ4n) is 6.12. The van der Waals surface area contributed by atoms with E-state index in [1.165, 1.54) is 21.9 Å². The van der Waals surface area contributed by atoms with Crippen molar-refractivity contribution in [3.63, 3.8) is 0 Å². The highest BCUT2D eigenvalue weighted by atomic mass is 28.4. The first-order valence-corrected chi connectivity index (χ1v) is 21.0. The van der Waals surface area contributed by atoms with Gasteiger partial charge in [-0.15, -0.1) is 0 Å². The zero-order valence-electron chi connectivity index (χ0n) is 29.3. The van der Waals surface area contributed by atoms with Gasteiger partial charge in [0.2, 0.25) is 0 Å². The van der Waals surface area contributed by atoms with Gasteiger partial charge in [-0.25, -0.2) is 0 Å². The molecule has 2 aromatic carbocycles. The molecular formula is C34H48N2O11Si2. The molecule has 15 heteroatoms. The van der Waals surface area contributed by atoms with Crippen LogP contribution < -0.4 is 4.74 Å². The second kappa shape index (κ2) is 17.6. The van der Waals surface area contributed by atoms with E-state index in [1.54, 1.807) is 24.3 Å². The first-order chi connectivity index (χ1) is 23.6. The molecule has 0 unspecified atom stereocenters. The Labute approximate surface area is 290 Å². The number of hydrogen-bond donors (Lipinski definition) is 0. The summed E-state index contributed by atoms with van der Waals surface area (Å²) < 4.78 is 41.4. The van der Waals surface area contributed by atoms with Crippen LogP contribution in [0.15, 0.2) is 36.4 Å². The summed E-state index contributed by atoms with van der Waals surface area (Å²) in [5.74, 6) is -0.971. The molecule has 0 saturated heterocycles. The van der Waals surface area contributed by atoms with Gasteiger partial charge < -0.3 is 31.3 Å². The van der Waals surface area contributed by atoms with Gasteiger partial charge >= 0.3 is 17.6 Å². The lowest BCUT2D eigenvalue weighted by atomic mass is 10.1. The number of carbonyl (C=O) groups is 4. The summed E-state index contributed by atoms with van der Waals surface area (Å²) >= 11 is 0. The zero-order valence-corrected chi connectivity index (χ0v) is 31.3. The largest absolute Gasteiger partial charge is 0.500 e. The predicted octanol–water partition coefficient (Wildman–Crippen LogP) is 5.55. The summed E-state index contributed by atoms with van der Waals surface area (Å²) in [4.78, 5) is 55.4. The second-order valence-corrected chi connectivity index (χ2v) is 16.7. The Bertz CT molecular complexity index is 1360. The Morgan fingerprint density at radius 3 is 1.08 bits per heavy atom. The fourth-order valence-corrected chi connectivity index (χ4v) is 11.3. The van der Waals surface area contributed by atoms with Crippen molar-refractivity contribution in [2.75, 3.05) is 52.7 Å². The summed E-state index contributed by atoms with van der Waals surface area (Å²) in [7, 11) is -5.84. The van der Waals surface area contributed by atoms with Gasteiger partial charge in [0.25, 0.3) is 23.6 Å². The molecule has 0 atom stereocenters. The lowest BCUT2D eigenvalue weighted by Crippen LogP contribution is -2.46. The summed E-state index contributed by atoms with van der Waals surface area (Å²) in [5.41, 5.74) is 1.04. The van der Waals surface area contributed by atoms with Crippen molar-refractivity contribution < 1.29 is 50.5 Å². The van der Waals surface area contributed by atoms with Crippen LogP contribution in [0.4, 0.5) is 0 Å². The van der Waals surface area contributed by atoms with Gasteiger partial charge in [0, 0.05) is 64.8 Å². The molecule has 0 aliphatic carbocycles. The van der Waals surface area contributed by atoms with Gasteiger partial charge in [-0.05, 0) is 90.8 Å². The number of fused-ring (bicyclic) bond motifs is 2. The maximum Gasteiger partial charge on any atom is 0.500 e. The molecule has 0 bridgehead atoms. The van der Waals surface area contributed by atoms with E-state index in [9.17, 15) is 19.2 Å². The fraction of sp³-hybridized carbons (Fsp3) is 0.529. The topological polar surface area (TPSA) is 139 Å². The molecule has 0 spiro atoms. The molecule has 0 fully saturated rings. The highest BCUT2D eigenvalue weighted by molar-refractivity contribution is 6.61. The number of rotatable bonds is 22. The van der Waals surface area contributed by atoms with E-state index in [2.05, 4.69) is 0 Å². The molecule has 0 radical (unpaired) electrons. The maximum absolute atomic E-state index is 13.3. The van der Waals surface area contributed by atoms with Crippen LogP contribution in [0.1, 0.15) is 95.8 Å². The third-order valence-electron chi connectivity index (χ3n) is 8.03. The van der Waals surface area contributed by atoms with Crippen molar-refractivity contribution in [2.24, 2.45) is 0 Å². The average Bonchev–Trinajstić information content (AvgIpc) is 3.45. The van der Waals surface area contributed by atoms with Crippen LogP contribution in [0.2, 0.25) is 12.1 Å². The number of imide groups is 2. The number of amides is 4. The number of ether oxygens (including phenoxy) is 1. The molecule has 13 nitrogen and oxygen atoms in total. The van der Waals surface area contributed by atoms with E-state index in [0.717, 1.165) is 0 Å². The van der Waals surface area contributed by atoms with Crippen molar-refractivity contribution in [1.82, 2.24) is 9.80 Å². The normalized spacial score (nSPS) is 14.7. The molecular weight excluding hydrogens is 669 g/mol. The number of hydrogen-bond acceptors (Lipinski definition) is 11. The number of benzene rings is 2. The summed E-state index contributed by atoms with van der Waals surface area (Å²) in [6, 6.07) is 10.3. The third kappa shape index (κ3) is 8.72. The molecule has 0 aromatic heterocycles. The number of carbonyl (C=O) groups excluding carboxylic acids is 4. The molecule has 0 N–H and O–H groups in total. The number of nitrogens with zero attached hydrogens (tertiary/aromatic N) is 2. The minimum absolute atomic E-state index is 0.189. The van der Waals surface area contributed by atoms with Gasteiger partial charge in [0.1, 0.15) is 11.5 Å². The molecule has 0 saturated carbocycles. The monoisotopic (exact) mass is 716 g/mol. The molecule has 2 heterocycles. The molecule has 4 amide bonds. The van der Waals surface area contributed by atoms with Crippen molar-refractivity contribution in [3.05, 3.63) is 58.7 Å². The van der Waals surface area contributed by atoms with Crippen LogP contribution in [0.3, 0.4) is 0 Å². The Kier molecular flexibility index (Phi) is 13.8. The molecule has 2 aliphatic heterocycles. The Balaban J connectivity index is 1.40. The summed E-state index contributed by atoms with van der Waals surface area (Å²) in [5, 5.41) is 0.